The van der Waals surface area contributed by atoms with Crippen molar-refractivity contribution in [3.63, 3.8) is 0 Å². The van der Waals surface area contributed by atoms with Crippen LogP contribution < -0.4 is 19.2 Å². The Morgan fingerprint density at radius 1 is 1.03 bits per heavy atom. The minimum atomic E-state index is -3.94. The molecule has 35 heavy (non-hydrogen) atoms. The van der Waals surface area contributed by atoms with Crippen LogP contribution in [0.25, 0.3) is 10.2 Å². The van der Waals surface area contributed by atoms with Crippen molar-refractivity contribution in [3.05, 3.63) is 81.5 Å². The normalized spacial score (nSPS) is 15.5. The van der Waals surface area contributed by atoms with Crippen LogP contribution in [0.1, 0.15) is 11.1 Å². The Balaban J connectivity index is 1.48. The van der Waals surface area contributed by atoms with Crippen LogP contribution in [0.5, 0.6) is 5.75 Å². The summed E-state index contributed by atoms with van der Waals surface area (Å²) in [6, 6.07) is 17.0. The lowest BCUT2D eigenvalue weighted by molar-refractivity contribution is -0.122. The number of nitrogens with zero attached hydrogens (tertiary/aromatic N) is 2. The molecule has 180 valence electrons. The highest BCUT2D eigenvalue weighted by molar-refractivity contribution is 7.92. The predicted molar refractivity (Wildman–Crippen MR) is 137 cm³/mol. The van der Waals surface area contributed by atoms with Gasteiger partial charge in [0.25, 0.3) is 15.9 Å². The summed E-state index contributed by atoms with van der Waals surface area (Å²) in [6.07, 6.45) is -1.07. The van der Waals surface area contributed by atoms with E-state index in [0.29, 0.717) is 17.1 Å². The number of benzene rings is 3. The number of hydrogen-bond donors (Lipinski definition) is 1. The van der Waals surface area contributed by atoms with Gasteiger partial charge < -0.3 is 14.6 Å². The van der Waals surface area contributed by atoms with E-state index in [9.17, 15) is 18.0 Å². The Morgan fingerprint density at radius 3 is 2.49 bits per heavy atom. The van der Waals surface area contributed by atoms with Crippen LogP contribution in [0.3, 0.4) is 0 Å². The van der Waals surface area contributed by atoms with Crippen LogP contribution >= 0.6 is 11.3 Å². The lowest BCUT2D eigenvalue weighted by atomic mass is 10.1. The van der Waals surface area contributed by atoms with E-state index in [2.05, 4.69) is 5.32 Å². The number of amides is 1. The second-order valence-electron chi connectivity index (χ2n) is 8.53. The Bertz CT molecular complexity index is 1620. The van der Waals surface area contributed by atoms with E-state index in [1.165, 1.54) is 4.31 Å². The Hall–Kier alpha value is -3.63. The van der Waals surface area contributed by atoms with Gasteiger partial charge in [-0.25, -0.2) is 8.42 Å². The highest BCUT2D eigenvalue weighted by atomic mass is 32.2. The number of aromatic nitrogens is 1. The summed E-state index contributed by atoms with van der Waals surface area (Å²) in [5, 5.41) is 2.81. The number of ether oxygens (including phenoxy) is 1. The maximum Gasteiger partial charge on any atom is 0.307 e. The van der Waals surface area contributed by atoms with Gasteiger partial charge in [-0.2, -0.15) is 0 Å². The van der Waals surface area contributed by atoms with E-state index in [-0.39, 0.29) is 16.3 Å². The molecule has 8 nitrogen and oxygen atoms in total. The molecule has 0 saturated carbocycles. The molecule has 0 saturated heterocycles. The predicted octanol–water partition coefficient (Wildman–Crippen LogP) is 3.81. The van der Waals surface area contributed by atoms with Crippen molar-refractivity contribution in [3.8, 4) is 5.75 Å². The molecule has 2 heterocycles. The van der Waals surface area contributed by atoms with Gasteiger partial charge in [0.15, 0.2) is 6.10 Å². The van der Waals surface area contributed by atoms with Crippen molar-refractivity contribution in [2.45, 2.75) is 24.8 Å². The average Bonchev–Trinajstić information content (AvgIpc) is 3.11. The molecule has 3 aromatic carbocycles. The number of carbonyl (C=O) groups excluding carboxylic acids is 1. The summed E-state index contributed by atoms with van der Waals surface area (Å²) < 4.78 is 36.6. The summed E-state index contributed by atoms with van der Waals surface area (Å²) in [5.41, 5.74) is 3.47. The first-order valence-electron chi connectivity index (χ1n) is 10.9. The molecular weight excluding hydrogens is 486 g/mol. The third kappa shape index (κ3) is 4.19. The van der Waals surface area contributed by atoms with Crippen LogP contribution in [-0.2, 0) is 21.9 Å². The van der Waals surface area contributed by atoms with Crippen LogP contribution in [0.15, 0.2) is 70.4 Å². The number of fused-ring (bicyclic) bond motifs is 2. The minimum absolute atomic E-state index is 0.0944. The Kier molecular flexibility index (Phi) is 5.65. The number of rotatable bonds is 4. The Labute approximate surface area is 206 Å². The number of thiazole rings is 1. The van der Waals surface area contributed by atoms with Gasteiger partial charge in [0, 0.05) is 12.7 Å². The molecule has 0 radical (unpaired) electrons. The molecule has 0 spiro atoms. The maximum atomic E-state index is 13.6. The third-order valence-electron chi connectivity index (χ3n) is 5.95. The molecule has 10 heteroatoms. The first kappa shape index (κ1) is 23.1. The van der Waals surface area contributed by atoms with Gasteiger partial charge in [-0.1, -0.05) is 35.1 Å². The number of hydrogen-bond acceptors (Lipinski definition) is 6. The smallest absolute Gasteiger partial charge is 0.307 e. The molecule has 5 rings (SSSR count). The fraction of sp³-hybridized carbons (Fsp3) is 0.200. The highest BCUT2D eigenvalue weighted by Crippen LogP contribution is 2.38. The van der Waals surface area contributed by atoms with Gasteiger partial charge >= 0.3 is 4.87 Å². The Morgan fingerprint density at radius 2 is 1.74 bits per heavy atom. The summed E-state index contributed by atoms with van der Waals surface area (Å²) in [5.74, 6) is -0.160. The summed E-state index contributed by atoms with van der Waals surface area (Å²) in [4.78, 5) is 25.2. The van der Waals surface area contributed by atoms with Crippen LogP contribution in [0.2, 0.25) is 0 Å². The summed E-state index contributed by atoms with van der Waals surface area (Å²) >= 11 is 1.09. The van der Waals surface area contributed by atoms with Crippen molar-refractivity contribution in [2.75, 3.05) is 16.2 Å². The molecule has 0 aliphatic carbocycles. The molecule has 0 unspecified atom stereocenters. The molecule has 1 aliphatic heterocycles. The van der Waals surface area contributed by atoms with Gasteiger partial charge in [-0.15, -0.1) is 0 Å². The SMILES string of the molecule is Cc1ccc(S(=O)(=O)N2C[C@@H](C(=O)Nc3ccc4c(c3)sc(=O)n4C)Oc3cc(C)ccc32)cc1. The number of anilines is 2. The van der Waals surface area contributed by atoms with E-state index in [4.69, 9.17) is 4.74 Å². The molecule has 1 amide bonds. The van der Waals surface area contributed by atoms with Crippen molar-refractivity contribution in [1.82, 2.24) is 4.57 Å². The van der Waals surface area contributed by atoms with Gasteiger partial charge in [0.1, 0.15) is 5.75 Å². The van der Waals surface area contributed by atoms with Crippen molar-refractivity contribution < 1.29 is 17.9 Å². The first-order chi connectivity index (χ1) is 16.6. The zero-order valence-corrected chi connectivity index (χ0v) is 20.9. The molecular formula is C25H23N3O5S2. The number of nitrogens with one attached hydrogen (secondary N) is 1. The van der Waals surface area contributed by atoms with Crippen molar-refractivity contribution >= 4 is 48.9 Å². The number of carbonyl (C=O) groups is 1. The summed E-state index contributed by atoms with van der Waals surface area (Å²) in [7, 11) is -2.25. The number of sulfonamides is 1. The van der Waals surface area contributed by atoms with Gasteiger partial charge in [-0.3, -0.25) is 13.9 Å². The summed E-state index contributed by atoms with van der Waals surface area (Å²) in [6.45, 7) is 3.57. The second-order valence-corrected chi connectivity index (χ2v) is 11.4. The standard InChI is InChI=1S/C25H23N3O5S2/c1-15-4-8-18(9-5-15)35(31,32)28-14-22(33-21-12-16(2)6-10-19(21)28)24(29)26-17-7-11-20-23(13-17)34-25(30)27(20)3/h4-13,22H,14H2,1-3H3,(H,26,29)/t22-/m0/s1. The largest absolute Gasteiger partial charge is 0.476 e. The second kappa shape index (κ2) is 8.54. The molecule has 0 bridgehead atoms. The average molecular weight is 510 g/mol. The fourth-order valence-electron chi connectivity index (χ4n) is 4.00. The monoisotopic (exact) mass is 509 g/mol. The lowest BCUT2D eigenvalue weighted by Gasteiger charge is -2.35. The van der Waals surface area contributed by atoms with Gasteiger partial charge in [0.05, 0.1) is 27.3 Å². The maximum absolute atomic E-state index is 13.6. The topological polar surface area (TPSA) is 97.7 Å². The van der Waals surface area contributed by atoms with Crippen molar-refractivity contribution in [2.24, 2.45) is 7.05 Å². The van der Waals surface area contributed by atoms with Gasteiger partial charge in [0.2, 0.25) is 0 Å². The zero-order chi connectivity index (χ0) is 24.9. The molecule has 1 atom stereocenters. The lowest BCUT2D eigenvalue weighted by Crippen LogP contribution is -2.48. The highest BCUT2D eigenvalue weighted by Gasteiger charge is 2.37. The molecule has 1 N–H and O–H groups in total. The number of aryl methyl sites for hydroxylation is 3. The van der Waals surface area contributed by atoms with Crippen LogP contribution in [0, 0.1) is 13.8 Å². The molecule has 0 fully saturated rings. The molecule has 1 aliphatic rings. The molecule has 1 aromatic heterocycles. The third-order valence-corrected chi connectivity index (χ3v) is 8.74. The van der Waals surface area contributed by atoms with E-state index >= 15 is 0 Å². The van der Waals surface area contributed by atoms with Crippen LogP contribution in [0.4, 0.5) is 11.4 Å². The first-order valence-corrected chi connectivity index (χ1v) is 13.2. The van der Waals surface area contributed by atoms with E-state index < -0.39 is 22.0 Å². The van der Waals surface area contributed by atoms with Crippen molar-refractivity contribution in [1.29, 1.82) is 0 Å². The van der Waals surface area contributed by atoms with E-state index in [0.717, 1.165) is 32.7 Å². The zero-order valence-electron chi connectivity index (χ0n) is 19.3. The quantitative estimate of drug-likeness (QED) is 0.451. The fourth-order valence-corrected chi connectivity index (χ4v) is 6.39. The van der Waals surface area contributed by atoms with E-state index in [1.54, 1.807) is 72.3 Å². The minimum Gasteiger partial charge on any atom is -0.476 e. The molecule has 4 aromatic rings. The van der Waals surface area contributed by atoms with Crippen LogP contribution in [-0.4, -0.2) is 31.5 Å². The van der Waals surface area contributed by atoms with Gasteiger partial charge in [-0.05, 0) is 61.9 Å². The van der Waals surface area contributed by atoms with E-state index in [1.807, 2.05) is 13.8 Å².